The number of amides is 1. The average Bonchev–Trinajstić information content (AvgIpc) is 1.88. The van der Waals surface area contributed by atoms with Gasteiger partial charge in [-0.2, -0.15) is 0 Å². The molecule has 1 fully saturated rings. The molecule has 0 aromatic rings. The molecule has 1 saturated heterocycles. The lowest BCUT2D eigenvalue weighted by molar-refractivity contribution is -0.151. The minimum atomic E-state index is 0.00116. The number of hydrogen-bond donors (Lipinski definition) is 1. The van der Waals surface area contributed by atoms with Crippen LogP contribution in [0.5, 0.6) is 0 Å². The lowest BCUT2D eigenvalue weighted by atomic mass is 10.3. The Kier molecular flexibility index (Phi) is 2.24. The van der Waals surface area contributed by atoms with Crippen LogP contribution in [-0.4, -0.2) is 37.2 Å². The molecule has 1 aliphatic rings. The van der Waals surface area contributed by atoms with E-state index in [9.17, 15) is 4.79 Å². The Morgan fingerprint density at radius 1 is 1.80 bits per heavy atom. The van der Waals surface area contributed by atoms with Crippen LogP contribution in [-0.2, 0) is 9.53 Å². The third kappa shape index (κ3) is 1.27. The van der Waals surface area contributed by atoms with E-state index < -0.39 is 0 Å². The van der Waals surface area contributed by atoms with Crippen molar-refractivity contribution >= 4 is 5.91 Å². The maximum Gasteiger partial charge on any atom is 0.262 e. The molecule has 1 aliphatic heterocycles. The molecule has 1 N–H and O–H groups in total. The Balaban J connectivity index is 2.53. The third-order valence-electron chi connectivity index (χ3n) is 1.53. The van der Waals surface area contributed by atoms with Crippen LogP contribution >= 0.6 is 0 Å². The normalized spacial score (nSPS) is 27.2. The van der Waals surface area contributed by atoms with Gasteiger partial charge in [-0.25, -0.2) is 5.43 Å². The van der Waals surface area contributed by atoms with Gasteiger partial charge in [0.05, 0.1) is 12.6 Å². The number of nitrogens with one attached hydrogen (secondary N) is 1. The molecule has 1 rings (SSSR count). The molecule has 58 valence electrons. The van der Waals surface area contributed by atoms with Crippen LogP contribution in [0.4, 0.5) is 0 Å². The third-order valence-corrected chi connectivity index (χ3v) is 1.53. The van der Waals surface area contributed by atoms with Gasteiger partial charge in [0, 0.05) is 7.05 Å². The van der Waals surface area contributed by atoms with Crippen molar-refractivity contribution in [1.29, 1.82) is 0 Å². The highest BCUT2D eigenvalue weighted by Crippen LogP contribution is 2.02. The number of morpholine rings is 1. The van der Waals surface area contributed by atoms with Crippen LogP contribution in [0.15, 0.2) is 0 Å². The summed E-state index contributed by atoms with van der Waals surface area (Å²) in [6, 6.07) is 0.145. The predicted molar refractivity (Wildman–Crippen MR) is 36.2 cm³/mol. The SMILES string of the molecule is CNN1C(=O)COCC1C. The largest absolute Gasteiger partial charge is 0.369 e. The minimum Gasteiger partial charge on any atom is -0.369 e. The lowest BCUT2D eigenvalue weighted by Crippen LogP contribution is -2.53. The molecule has 0 spiro atoms. The highest BCUT2D eigenvalue weighted by Gasteiger charge is 2.23. The standard InChI is InChI=1S/C6H12N2O2/c1-5-3-10-4-6(9)8(5)7-2/h5,7H,3-4H2,1-2H3. The first-order chi connectivity index (χ1) is 4.75. The van der Waals surface area contributed by atoms with E-state index in [0.717, 1.165) is 0 Å². The minimum absolute atomic E-state index is 0.00116. The summed E-state index contributed by atoms with van der Waals surface area (Å²) in [6.07, 6.45) is 0. The second kappa shape index (κ2) is 2.98. The zero-order valence-electron chi connectivity index (χ0n) is 6.26. The van der Waals surface area contributed by atoms with Crippen molar-refractivity contribution in [2.75, 3.05) is 20.3 Å². The van der Waals surface area contributed by atoms with E-state index >= 15 is 0 Å². The Labute approximate surface area is 60.1 Å². The van der Waals surface area contributed by atoms with E-state index in [-0.39, 0.29) is 18.6 Å². The number of ether oxygens (including phenoxy) is 1. The Hall–Kier alpha value is -0.610. The predicted octanol–water partition coefficient (Wildman–Crippen LogP) is -0.632. The van der Waals surface area contributed by atoms with Gasteiger partial charge in [0.15, 0.2) is 0 Å². The summed E-state index contributed by atoms with van der Waals surface area (Å²) < 4.78 is 4.99. The molecule has 0 aromatic heterocycles. The Morgan fingerprint density at radius 3 is 2.90 bits per heavy atom. The van der Waals surface area contributed by atoms with Gasteiger partial charge in [-0.05, 0) is 6.92 Å². The van der Waals surface area contributed by atoms with E-state index in [4.69, 9.17) is 4.74 Å². The van der Waals surface area contributed by atoms with Crippen LogP contribution in [0.3, 0.4) is 0 Å². The topological polar surface area (TPSA) is 41.6 Å². The fourth-order valence-corrected chi connectivity index (χ4v) is 1.05. The molecule has 1 amide bonds. The number of hydrazine groups is 1. The molecule has 1 atom stereocenters. The second-order valence-electron chi connectivity index (χ2n) is 2.35. The van der Waals surface area contributed by atoms with Gasteiger partial charge in [-0.15, -0.1) is 0 Å². The quantitative estimate of drug-likeness (QED) is 0.532. The van der Waals surface area contributed by atoms with Crippen molar-refractivity contribution in [3.8, 4) is 0 Å². The van der Waals surface area contributed by atoms with Crippen LogP contribution in [0.2, 0.25) is 0 Å². The maximum atomic E-state index is 11.0. The second-order valence-corrected chi connectivity index (χ2v) is 2.35. The molecule has 4 nitrogen and oxygen atoms in total. The van der Waals surface area contributed by atoms with E-state index in [1.165, 1.54) is 0 Å². The number of nitrogens with zero attached hydrogens (tertiary/aromatic N) is 1. The van der Waals surface area contributed by atoms with Crippen molar-refractivity contribution in [1.82, 2.24) is 10.4 Å². The first-order valence-corrected chi connectivity index (χ1v) is 3.33. The van der Waals surface area contributed by atoms with Gasteiger partial charge >= 0.3 is 0 Å². The summed E-state index contributed by atoms with van der Waals surface area (Å²) in [4.78, 5) is 11.0. The summed E-state index contributed by atoms with van der Waals surface area (Å²) in [7, 11) is 1.74. The summed E-state index contributed by atoms with van der Waals surface area (Å²) in [5.41, 5.74) is 2.81. The van der Waals surface area contributed by atoms with Crippen molar-refractivity contribution in [2.24, 2.45) is 0 Å². The van der Waals surface area contributed by atoms with Crippen LogP contribution in [0.1, 0.15) is 6.92 Å². The molecule has 0 bridgehead atoms. The number of carbonyl (C=O) groups is 1. The van der Waals surface area contributed by atoms with Crippen molar-refractivity contribution in [3.63, 3.8) is 0 Å². The molecular formula is C6H12N2O2. The van der Waals surface area contributed by atoms with Crippen molar-refractivity contribution in [2.45, 2.75) is 13.0 Å². The molecule has 1 heterocycles. The zero-order valence-corrected chi connectivity index (χ0v) is 6.26. The Morgan fingerprint density at radius 2 is 2.50 bits per heavy atom. The van der Waals surface area contributed by atoms with E-state index in [1.54, 1.807) is 12.1 Å². The number of carbonyl (C=O) groups excluding carboxylic acids is 1. The van der Waals surface area contributed by atoms with E-state index in [1.807, 2.05) is 6.92 Å². The van der Waals surface area contributed by atoms with Crippen molar-refractivity contribution < 1.29 is 9.53 Å². The molecule has 0 aromatic carbocycles. The van der Waals surface area contributed by atoms with Crippen LogP contribution in [0.25, 0.3) is 0 Å². The molecule has 4 heteroatoms. The first kappa shape index (κ1) is 7.50. The number of hydrogen-bond acceptors (Lipinski definition) is 3. The average molecular weight is 144 g/mol. The van der Waals surface area contributed by atoms with Crippen LogP contribution < -0.4 is 5.43 Å². The van der Waals surface area contributed by atoms with E-state index in [2.05, 4.69) is 5.43 Å². The molecule has 0 aliphatic carbocycles. The maximum absolute atomic E-state index is 11.0. The van der Waals surface area contributed by atoms with Crippen LogP contribution in [0, 0.1) is 0 Å². The summed E-state index contributed by atoms with van der Waals surface area (Å²) in [5.74, 6) is 0.00116. The van der Waals surface area contributed by atoms with Gasteiger partial charge in [-0.1, -0.05) is 0 Å². The van der Waals surface area contributed by atoms with E-state index in [0.29, 0.717) is 6.61 Å². The fourth-order valence-electron chi connectivity index (χ4n) is 1.05. The fraction of sp³-hybridized carbons (Fsp3) is 0.833. The highest BCUT2D eigenvalue weighted by molar-refractivity contribution is 5.77. The smallest absolute Gasteiger partial charge is 0.262 e. The van der Waals surface area contributed by atoms with Gasteiger partial charge in [0.1, 0.15) is 6.61 Å². The summed E-state index contributed by atoms with van der Waals surface area (Å²) in [5, 5.41) is 1.59. The first-order valence-electron chi connectivity index (χ1n) is 3.33. The molecule has 0 radical (unpaired) electrons. The van der Waals surface area contributed by atoms with Gasteiger partial charge < -0.3 is 4.74 Å². The molecule has 0 saturated carbocycles. The summed E-state index contributed by atoms with van der Waals surface area (Å²) in [6.45, 7) is 2.76. The Bertz CT molecular complexity index is 138. The number of rotatable bonds is 1. The molecule has 10 heavy (non-hydrogen) atoms. The van der Waals surface area contributed by atoms with Gasteiger partial charge in [0.2, 0.25) is 0 Å². The van der Waals surface area contributed by atoms with Gasteiger partial charge in [-0.3, -0.25) is 9.80 Å². The van der Waals surface area contributed by atoms with Gasteiger partial charge in [0.25, 0.3) is 5.91 Å². The molecular weight excluding hydrogens is 132 g/mol. The molecule has 1 unspecified atom stereocenters. The lowest BCUT2D eigenvalue weighted by Gasteiger charge is -2.31. The monoisotopic (exact) mass is 144 g/mol. The zero-order chi connectivity index (χ0) is 7.56. The van der Waals surface area contributed by atoms with Crippen molar-refractivity contribution in [3.05, 3.63) is 0 Å². The highest BCUT2D eigenvalue weighted by atomic mass is 16.5. The summed E-state index contributed by atoms with van der Waals surface area (Å²) >= 11 is 0.